The summed E-state index contributed by atoms with van der Waals surface area (Å²) in [5.74, 6) is 0.412. The van der Waals surface area contributed by atoms with Crippen LogP contribution in [-0.4, -0.2) is 24.9 Å². The molecule has 1 aliphatic heterocycles. The van der Waals surface area contributed by atoms with Gasteiger partial charge in [-0.25, -0.2) is 5.43 Å². The SMILES string of the molecule is COc1ccc(C(=O)NN=Cc2ccc(N3N=C(C=Cc4ccccc4)CC3c3ccccc3)cc2)cc1. The molecule has 0 saturated carbocycles. The summed E-state index contributed by atoms with van der Waals surface area (Å²) in [7, 11) is 1.59. The number of hydrazone groups is 2. The highest BCUT2D eigenvalue weighted by Gasteiger charge is 2.28. The molecule has 1 amide bonds. The summed E-state index contributed by atoms with van der Waals surface area (Å²) < 4.78 is 5.13. The topological polar surface area (TPSA) is 66.3 Å². The first-order valence-corrected chi connectivity index (χ1v) is 12.4. The molecule has 0 bridgehead atoms. The summed E-state index contributed by atoms with van der Waals surface area (Å²) in [6.45, 7) is 0. The smallest absolute Gasteiger partial charge is 0.271 e. The zero-order chi connectivity index (χ0) is 26.2. The molecule has 38 heavy (non-hydrogen) atoms. The van der Waals surface area contributed by atoms with Gasteiger partial charge < -0.3 is 4.74 Å². The monoisotopic (exact) mass is 500 g/mol. The van der Waals surface area contributed by atoms with Crippen molar-refractivity contribution in [1.29, 1.82) is 0 Å². The van der Waals surface area contributed by atoms with Crippen LogP contribution in [0.4, 0.5) is 5.69 Å². The lowest BCUT2D eigenvalue weighted by Gasteiger charge is -2.24. The molecule has 1 N–H and O–H groups in total. The van der Waals surface area contributed by atoms with Crippen LogP contribution < -0.4 is 15.2 Å². The fourth-order valence-electron chi connectivity index (χ4n) is 4.25. The zero-order valence-corrected chi connectivity index (χ0v) is 21.1. The minimum atomic E-state index is -0.284. The van der Waals surface area contributed by atoms with Crippen molar-refractivity contribution in [3.8, 4) is 5.75 Å². The molecule has 5 rings (SSSR count). The number of carbonyl (C=O) groups is 1. The molecule has 1 aliphatic rings. The van der Waals surface area contributed by atoms with Crippen molar-refractivity contribution in [3.63, 3.8) is 0 Å². The van der Waals surface area contributed by atoms with Crippen LogP contribution in [0.25, 0.3) is 6.08 Å². The first kappa shape index (κ1) is 24.7. The van der Waals surface area contributed by atoms with E-state index in [2.05, 4.69) is 64.1 Å². The predicted molar refractivity (Wildman–Crippen MR) is 154 cm³/mol. The molecule has 1 atom stereocenters. The molecule has 0 spiro atoms. The summed E-state index contributed by atoms with van der Waals surface area (Å²) in [4.78, 5) is 12.3. The highest BCUT2D eigenvalue weighted by Crippen LogP contribution is 2.35. The quantitative estimate of drug-likeness (QED) is 0.222. The average molecular weight is 501 g/mol. The number of hydrogen-bond acceptors (Lipinski definition) is 5. The predicted octanol–water partition coefficient (Wildman–Crippen LogP) is 6.48. The highest BCUT2D eigenvalue weighted by molar-refractivity contribution is 6.01. The number of nitrogens with one attached hydrogen (secondary N) is 1. The largest absolute Gasteiger partial charge is 0.497 e. The lowest BCUT2D eigenvalue weighted by molar-refractivity contribution is 0.0955. The van der Waals surface area contributed by atoms with Gasteiger partial charge in [-0.1, -0.05) is 78.9 Å². The molecular formula is C32H28N4O2. The fraction of sp³-hybridized carbons (Fsp3) is 0.0938. The second kappa shape index (κ2) is 11.8. The Bertz CT molecular complexity index is 1450. The van der Waals surface area contributed by atoms with Crippen LogP contribution in [-0.2, 0) is 0 Å². The number of hydrogen-bond donors (Lipinski definition) is 1. The van der Waals surface area contributed by atoms with Crippen LogP contribution in [0.1, 0.15) is 39.5 Å². The van der Waals surface area contributed by atoms with E-state index in [1.807, 2.05) is 48.5 Å². The second-order valence-electron chi connectivity index (χ2n) is 8.83. The third kappa shape index (κ3) is 6.05. The van der Waals surface area contributed by atoms with Crippen molar-refractivity contribution in [2.75, 3.05) is 12.1 Å². The minimum absolute atomic E-state index is 0.106. The minimum Gasteiger partial charge on any atom is -0.497 e. The van der Waals surface area contributed by atoms with Gasteiger partial charge in [0.15, 0.2) is 0 Å². The van der Waals surface area contributed by atoms with Crippen molar-refractivity contribution < 1.29 is 9.53 Å². The fourth-order valence-corrected chi connectivity index (χ4v) is 4.25. The normalized spacial score (nSPS) is 15.1. The summed E-state index contributed by atoms with van der Waals surface area (Å²) >= 11 is 0. The van der Waals surface area contributed by atoms with Gasteiger partial charge in [0.2, 0.25) is 0 Å². The van der Waals surface area contributed by atoms with E-state index in [0.29, 0.717) is 11.3 Å². The Morgan fingerprint density at radius 3 is 2.24 bits per heavy atom. The van der Waals surface area contributed by atoms with Crippen LogP contribution in [0, 0.1) is 0 Å². The van der Waals surface area contributed by atoms with Gasteiger partial charge in [-0.3, -0.25) is 9.80 Å². The zero-order valence-electron chi connectivity index (χ0n) is 21.1. The maximum atomic E-state index is 12.3. The molecule has 4 aromatic carbocycles. The van der Waals surface area contributed by atoms with E-state index in [1.54, 1.807) is 37.6 Å². The molecule has 1 unspecified atom stereocenters. The molecule has 0 aromatic heterocycles. The Morgan fingerprint density at radius 2 is 1.55 bits per heavy atom. The molecule has 4 aromatic rings. The van der Waals surface area contributed by atoms with E-state index in [-0.39, 0.29) is 11.9 Å². The van der Waals surface area contributed by atoms with Crippen molar-refractivity contribution in [3.05, 3.63) is 138 Å². The standard InChI is InChI=1S/C32H28N4O2/c1-38-30-20-15-27(16-21-30)32(37)34-33-23-25-13-18-29(19-14-25)36-31(26-10-6-3-7-11-26)22-28(35-36)17-12-24-8-4-2-5-9-24/h2-21,23,31H,22H2,1H3,(H,34,37). The Kier molecular flexibility index (Phi) is 7.70. The van der Waals surface area contributed by atoms with E-state index in [4.69, 9.17) is 9.84 Å². The van der Waals surface area contributed by atoms with Crippen LogP contribution >= 0.6 is 0 Å². The Hall–Kier alpha value is -4.97. The Morgan fingerprint density at radius 1 is 0.868 bits per heavy atom. The molecule has 0 aliphatic carbocycles. The van der Waals surface area contributed by atoms with Crippen molar-refractivity contribution >= 4 is 29.6 Å². The number of carbonyl (C=O) groups excluding carboxylic acids is 1. The van der Waals surface area contributed by atoms with Gasteiger partial charge >= 0.3 is 0 Å². The van der Waals surface area contributed by atoms with Crippen LogP contribution in [0.15, 0.2) is 125 Å². The van der Waals surface area contributed by atoms with Gasteiger partial charge in [0.05, 0.1) is 30.8 Å². The number of methoxy groups -OCH3 is 1. The number of rotatable bonds is 8. The molecule has 6 heteroatoms. The number of amides is 1. The number of benzene rings is 4. The summed E-state index contributed by atoms with van der Waals surface area (Å²) in [5.41, 5.74) is 8.31. The maximum Gasteiger partial charge on any atom is 0.271 e. The third-order valence-corrected chi connectivity index (χ3v) is 6.28. The summed E-state index contributed by atoms with van der Waals surface area (Å²) in [5, 5.41) is 11.1. The lowest BCUT2D eigenvalue weighted by Crippen LogP contribution is -2.18. The van der Waals surface area contributed by atoms with Gasteiger partial charge in [-0.05, 0) is 59.2 Å². The number of ether oxygens (including phenoxy) is 1. The molecule has 6 nitrogen and oxygen atoms in total. The van der Waals surface area contributed by atoms with E-state index in [1.165, 1.54) is 5.56 Å². The van der Waals surface area contributed by atoms with Gasteiger partial charge in [0.25, 0.3) is 5.91 Å². The van der Waals surface area contributed by atoms with E-state index in [0.717, 1.165) is 28.9 Å². The summed E-state index contributed by atoms with van der Waals surface area (Å²) in [6.07, 6.45) is 6.64. The van der Waals surface area contributed by atoms with Crippen LogP contribution in [0.2, 0.25) is 0 Å². The lowest BCUT2D eigenvalue weighted by atomic mass is 10.0. The van der Waals surface area contributed by atoms with E-state index < -0.39 is 0 Å². The maximum absolute atomic E-state index is 12.3. The van der Waals surface area contributed by atoms with Gasteiger partial charge in [0.1, 0.15) is 5.75 Å². The van der Waals surface area contributed by atoms with Gasteiger partial charge in [-0.2, -0.15) is 10.2 Å². The molecular weight excluding hydrogens is 472 g/mol. The van der Waals surface area contributed by atoms with Crippen LogP contribution in [0.3, 0.4) is 0 Å². The third-order valence-electron chi connectivity index (χ3n) is 6.28. The van der Waals surface area contributed by atoms with Crippen molar-refractivity contribution in [2.24, 2.45) is 10.2 Å². The molecule has 1 heterocycles. The van der Waals surface area contributed by atoms with Gasteiger partial charge in [-0.15, -0.1) is 0 Å². The molecule has 0 saturated heterocycles. The number of nitrogens with zero attached hydrogens (tertiary/aromatic N) is 3. The molecule has 188 valence electrons. The van der Waals surface area contributed by atoms with Crippen LogP contribution in [0.5, 0.6) is 5.75 Å². The molecule has 0 fully saturated rings. The Balaban J connectivity index is 1.29. The number of anilines is 1. The first-order chi connectivity index (χ1) is 18.7. The van der Waals surface area contributed by atoms with Crippen molar-refractivity contribution in [1.82, 2.24) is 5.43 Å². The average Bonchev–Trinajstić information content (AvgIpc) is 3.42. The van der Waals surface area contributed by atoms with Gasteiger partial charge in [0, 0.05) is 12.0 Å². The highest BCUT2D eigenvalue weighted by atomic mass is 16.5. The second-order valence-corrected chi connectivity index (χ2v) is 8.83. The Labute approximate surface area is 222 Å². The van der Waals surface area contributed by atoms with Crippen molar-refractivity contribution in [2.45, 2.75) is 12.5 Å². The first-order valence-electron chi connectivity index (χ1n) is 12.4. The summed E-state index contributed by atoms with van der Waals surface area (Å²) in [6, 6.07) is 35.6. The molecule has 0 radical (unpaired) electrons. The van der Waals surface area contributed by atoms with E-state index >= 15 is 0 Å². The number of allylic oxidation sites excluding steroid dienone is 1. The van der Waals surface area contributed by atoms with E-state index in [9.17, 15) is 4.79 Å².